The molecule has 0 aliphatic carbocycles. The fourth-order valence-corrected chi connectivity index (χ4v) is 3.12. The Hall–Kier alpha value is -2.06. The van der Waals surface area contributed by atoms with Gasteiger partial charge >= 0.3 is 0 Å². The van der Waals surface area contributed by atoms with Crippen molar-refractivity contribution in [2.45, 2.75) is 18.8 Å². The number of carbonyl (C=O) groups excluding carboxylic acids is 1. The van der Waals surface area contributed by atoms with E-state index < -0.39 is 0 Å². The topological polar surface area (TPSA) is 97.0 Å². The smallest absolute Gasteiger partial charge is 0.236 e. The van der Waals surface area contributed by atoms with Crippen LogP contribution in [0.15, 0.2) is 23.8 Å². The molecule has 3 N–H and O–H groups in total. The zero-order valence-corrected chi connectivity index (χ0v) is 12.9. The largest absolute Gasteiger partial charge is 0.342 e. The Labute approximate surface area is 132 Å². The van der Waals surface area contributed by atoms with E-state index in [9.17, 15) is 4.79 Å². The Kier molecular flexibility index (Phi) is 4.59. The number of rotatable bonds is 4. The number of piperidine rings is 1. The molecule has 2 aromatic rings. The van der Waals surface area contributed by atoms with Crippen LogP contribution in [0.25, 0.3) is 0 Å². The first-order chi connectivity index (χ1) is 10.8. The van der Waals surface area contributed by atoms with Crippen LogP contribution < -0.4 is 11.1 Å². The predicted octanol–water partition coefficient (Wildman–Crippen LogP) is 1.34. The second-order valence-corrected chi connectivity index (χ2v) is 6.02. The Morgan fingerprint density at radius 1 is 1.36 bits per heavy atom. The van der Waals surface area contributed by atoms with E-state index in [0.717, 1.165) is 36.8 Å². The number of amides is 1. The lowest BCUT2D eigenvalue weighted by atomic mass is 9.93. The van der Waals surface area contributed by atoms with Crippen LogP contribution >= 0.6 is 11.3 Å². The molecule has 8 heteroatoms. The van der Waals surface area contributed by atoms with Gasteiger partial charge in [-0.2, -0.15) is 0 Å². The number of aromatic nitrogens is 3. The number of carbonyl (C=O) groups is 1. The first kappa shape index (κ1) is 14.9. The zero-order valence-electron chi connectivity index (χ0n) is 12.1. The third kappa shape index (κ3) is 3.40. The summed E-state index contributed by atoms with van der Waals surface area (Å²) in [5.74, 6) is 0.932. The van der Waals surface area contributed by atoms with Gasteiger partial charge in [0.2, 0.25) is 11.9 Å². The van der Waals surface area contributed by atoms with E-state index in [-0.39, 0.29) is 12.5 Å². The summed E-state index contributed by atoms with van der Waals surface area (Å²) in [6.07, 6.45) is 5.30. The first-order valence-corrected chi connectivity index (χ1v) is 8.11. The van der Waals surface area contributed by atoms with Gasteiger partial charge in [-0.1, -0.05) is 0 Å². The third-order valence-electron chi connectivity index (χ3n) is 3.77. The molecule has 22 heavy (non-hydrogen) atoms. The lowest BCUT2D eigenvalue weighted by Crippen LogP contribution is -2.41. The highest BCUT2D eigenvalue weighted by Gasteiger charge is 2.24. The zero-order chi connectivity index (χ0) is 15.4. The van der Waals surface area contributed by atoms with E-state index in [1.165, 1.54) is 11.3 Å². The van der Waals surface area contributed by atoms with E-state index in [1.807, 2.05) is 16.3 Å². The fraction of sp³-hybridized carbons (Fsp3) is 0.429. The van der Waals surface area contributed by atoms with Gasteiger partial charge in [0, 0.05) is 42.5 Å². The van der Waals surface area contributed by atoms with Gasteiger partial charge in [-0.05, 0) is 18.9 Å². The second kappa shape index (κ2) is 6.80. The molecule has 1 amide bonds. The van der Waals surface area contributed by atoms with Crippen molar-refractivity contribution < 1.29 is 4.79 Å². The van der Waals surface area contributed by atoms with Crippen molar-refractivity contribution in [3.05, 3.63) is 29.5 Å². The molecule has 1 saturated heterocycles. The average molecular weight is 318 g/mol. The van der Waals surface area contributed by atoms with E-state index in [4.69, 9.17) is 5.73 Å². The SMILES string of the molecule is NCC(=O)N1CCC(c2ccnc(Nc3nccs3)n2)CC1. The molecule has 0 atom stereocenters. The number of nitrogens with zero attached hydrogens (tertiary/aromatic N) is 4. The molecule has 2 aromatic heterocycles. The van der Waals surface area contributed by atoms with E-state index >= 15 is 0 Å². The van der Waals surface area contributed by atoms with Gasteiger partial charge < -0.3 is 16.0 Å². The minimum Gasteiger partial charge on any atom is -0.342 e. The van der Waals surface area contributed by atoms with Gasteiger partial charge in [-0.25, -0.2) is 15.0 Å². The lowest BCUT2D eigenvalue weighted by Gasteiger charge is -2.31. The summed E-state index contributed by atoms with van der Waals surface area (Å²) in [4.78, 5) is 26.4. The summed E-state index contributed by atoms with van der Waals surface area (Å²) in [6.45, 7) is 1.56. The number of hydrogen-bond acceptors (Lipinski definition) is 7. The van der Waals surface area contributed by atoms with Crippen LogP contribution in [0.3, 0.4) is 0 Å². The summed E-state index contributed by atoms with van der Waals surface area (Å²) >= 11 is 1.51. The van der Waals surface area contributed by atoms with Crippen LogP contribution in [-0.4, -0.2) is 45.4 Å². The average Bonchev–Trinajstić information content (AvgIpc) is 3.07. The molecule has 1 fully saturated rings. The molecule has 3 rings (SSSR count). The second-order valence-electron chi connectivity index (χ2n) is 5.13. The molecule has 3 heterocycles. The maximum Gasteiger partial charge on any atom is 0.236 e. The van der Waals surface area contributed by atoms with Crippen LogP contribution in [0.5, 0.6) is 0 Å². The molecular formula is C14H18N6OS. The van der Waals surface area contributed by atoms with E-state index in [2.05, 4.69) is 20.3 Å². The quantitative estimate of drug-likeness (QED) is 0.883. The van der Waals surface area contributed by atoms with Crippen LogP contribution in [-0.2, 0) is 4.79 Å². The molecule has 0 bridgehead atoms. The van der Waals surface area contributed by atoms with Crippen LogP contribution in [0.1, 0.15) is 24.5 Å². The molecule has 0 saturated carbocycles. The summed E-state index contributed by atoms with van der Waals surface area (Å²) in [6, 6.07) is 1.94. The van der Waals surface area contributed by atoms with E-state index in [1.54, 1.807) is 12.4 Å². The number of nitrogens with one attached hydrogen (secondary N) is 1. The van der Waals surface area contributed by atoms with Crippen molar-refractivity contribution in [2.75, 3.05) is 25.0 Å². The highest BCUT2D eigenvalue weighted by molar-refractivity contribution is 7.13. The molecular weight excluding hydrogens is 300 g/mol. The minimum absolute atomic E-state index is 0.0206. The lowest BCUT2D eigenvalue weighted by molar-refractivity contribution is -0.130. The summed E-state index contributed by atoms with van der Waals surface area (Å²) in [5, 5.41) is 5.78. The molecule has 0 radical (unpaired) electrons. The van der Waals surface area contributed by atoms with Gasteiger partial charge in [-0.15, -0.1) is 11.3 Å². The number of anilines is 2. The summed E-state index contributed by atoms with van der Waals surface area (Å²) in [5.41, 5.74) is 6.42. The Bertz CT molecular complexity index is 624. The number of hydrogen-bond donors (Lipinski definition) is 2. The molecule has 0 unspecified atom stereocenters. The maximum atomic E-state index is 11.6. The van der Waals surface area contributed by atoms with Gasteiger partial charge in [0.25, 0.3) is 0 Å². The fourth-order valence-electron chi connectivity index (χ4n) is 2.59. The highest BCUT2D eigenvalue weighted by Crippen LogP contribution is 2.27. The number of likely N-dealkylation sites (tertiary alicyclic amines) is 1. The van der Waals surface area contributed by atoms with Crippen molar-refractivity contribution in [1.82, 2.24) is 19.9 Å². The van der Waals surface area contributed by atoms with Gasteiger partial charge in [0.15, 0.2) is 5.13 Å². The Morgan fingerprint density at radius 2 is 2.18 bits per heavy atom. The van der Waals surface area contributed by atoms with E-state index in [0.29, 0.717) is 11.9 Å². The van der Waals surface area contributed by atoms with Crippen LogP contribution in [0.4, 0.5) is 11.1 Å². The first-order valence-electron chi connectivity index (χ1n) is 7.23. The monoisotopic (exact) mass is 318 g/mol. The van der Waals surface area contributed by atoms with Crippen molar-refractivity contribution >= 4 is 28.3 Å². The van der Waals surface area contributed by atoms with Crippen molar-refractivity contribution in [3.63, 3.8) is 0 Å². The van der Waals surface area contributed by atoms with Crippen molar-refractivity contribution in [1.29, 1.82) is 0 Å². The molecule has 1 aliphatic rings. The van der Waals surface area contributed by atoms with Crippen LogP contribution in [0.2, 0.25) is 0 Å². The van der Waals surface area contributed by atoms with Gasteiger partial charge in [0.1, 0.15) is 0 Å². The summed E-state index contributed by atoms with van der Waals surface area (Å²) < 4.78 is 0. The Morgan fingerprint density at radius 3 is 2.86 bits per heavy atom. The standard InChI is InChI=1S/C14H18N6OS/c15-9-12(21)20-6-2-10(3-7-20)11-1-4-16-13(18-11)19-14-17-5-8-22-14/h1,4-5,8,10H,2-3,6-7,9,15H2,(H,16,17,18,19). The highest BCUT2D eigenvalue weighted by atomic mass is 32.1. The number of thiazole rings is 1. The normalized spacial score (nSPS) is 15.8. The molecule has 116 valence electrons. The molecule has 0 spiro atoms. The van der Waals surface area contributed by atoms with Crippen molar-refractivity contribution in [2.24, 2.45) is 5.73 Å². The molecule has 0 aromatic carbocycles. The van der Waals surface area contributed by atoms with Crippen molar-refractivity contribution in [3.8, 4) is 0 Å². The molecule has 7 nitrogen and oxygen atoms in total. The van der Waals surface area contributed by atoms with Gasteiger partial charge in [-0.3, -0.25) is 4.79 Å². The van der Waals surface area contributed by atoms with Crippen LogP contribution in [0, 0.1) is 0 Å². The minimum atomic E-state index is 0.0206. The predicted molar refractivity (Wildman–Crippen MR) is 85.0 cm³/mol. The summed E-state index contributed by atoms with van der Waals surface area (Å²) in [7, 11) is 0. The maximum absolute atomic E-state index is 11.6. The third-order valence-corrected chi connectivity index (χ3v) is 4.46. The number of nitrogens with two attached hydrogens (primary N) is 1. The van der Waals surface area contributed by atoms with Gasteiger partial charge in [0.05, 0.1) is 6.54 Å². The molecule has 1 aliphatic heterocycles. The Balaban J connectivity index is 1.64.